The summed E-state index contributed by atoms with van der Waals surface area (Å²) in [6.45, 7) is 0. The Bertz CT molecular complexity index is 772. The molecule has 1 amide bonds. The third kappa shape index (κ3) is 3.84. The summed E-state index contributed by atoms with van der Waals surface area (Å²) in [6.07, 6.45) is 4.09. The number of ether oxygens (including phenoxy) is 2. The number of phenols is 1. The van der Waals surface area contributed by atoms with Gasteiger partial charge in [0.2, 0.25) is 0 Å². The van der Waals surface area contributed by atoms with Crippen molar-refractivity contribution in [3.05, 3.63) is 47.8 Å². The van der Waals surface area contributed by atoms with Gasteiger partial charge in [0.25, 0.3) is 5.91 Å². The molecule has 25 heavy (non-hydrogen) atoms. The number of methoxy groups -OCH3 is 1. The molecule has 0 aliphatic heterocycles. The van der Waals surface area contributed by atoms with E-state index in [2.05, 4.69) is 5.32 Å². The van der Waals surface area contributed by atoms with Crippen molar-refractivity contribution in [3.8, 4) is 17.2 Å². The van der Waals surface area contributed by atoms with Crippen molar-refractivity contribution < 1.29 is 23.8 Å². The molecule has 5 nitrogen and oxygen atoms in total. The molecular weight excluding hydrogens is 325 g/mol. The minimum atomic E-state index is -0.719. The van der Waals surface area contributed by atoms with E-state index in [1.165, 1.54) is 25.3 Å². The highest BCUT2D eigenvalue weighted by Crippen LogP contribution is 2.34. The smallest absolute Gasteiger partial charge is 0.258 e. The lowest BCUT2D eigenvalue weighted by molar-refractivity contribution is 0.102. The number of nitrogens with one attached hydrogen (secondary N) is 1. The van der Waals surface area contributed by atoms with Gasteiger partial charge in [0, 0.05) is 6.07 Å². The lowest BCUT2D eigenvalue weighted by Gasteiger charge is -2.17. The second kappa shape index (κ2) is 7.42. The highest BCUT2D eigenvalue weighted by atomic mass is 19.1. The van der Waals surface area contributed by atoms with Crippen molar-refractivity contribution in [2.75, 3.05) is 12.4 Å². The highest BCUT2D eigenvalue weighted by Gasteiger charge is 2.22. The summed E-state index contributed by atoms with van der Waals surface area (Å²) in [4.78, 5) is 12.4. The zero-order valence-electron chi connectivity index (χ0n) is 13.9. The van der Waals surface area contributed by atoms with Crippen LogP contribution in [0.3, 0.4) is 0 Å². The predicted octanol–water partition coefficient (Wildman–Crippen LogP) is 4.11. The molecular formula is C19H20FNO4. The number of carbonyl (C=O) groups is 1. The van der Waals surface area contributed by atoms with Gasteiger partial charge in [-0.2, -0.15) is 0 Å². The average molecular weight is 345 g/mol. The number of carbonyl (C=O) groups excluding carboxylic acids is 1. The fourth-order valence-corrected chi connectivity index (χ4v) is 2.92. The first kappa shape index (κ1) is 17.1. The Morgan fingerprint density at radius 2 is 1.92 bits per heavy atom. The molecule has 1 aliphatic carbocycles. The molecule has 2 N–H and O–H groups in total. The van der Waals surface area contributed by atoms with E-state index in [0.29, 0.717) is 5.75 Å². The number of anilines is 1. The minimum Gasteiger partial charge on any atom is -0.506 e. The summed E-state index contributed by atoms with van der Waals surface area (Å²) in [5.41, 5.74) is 0.0398. The third-order valence-corrected chi connectivity index (χ3v) is 4.25. The Kier molecular flexibility index (Phi) is 5.07. The first-order valence-corrected chi connectivity index (χ1v) is 8.22. The molecule has 0 heterocycles. The van der Waals surface area contributed by atoms with Gasteiger partial charge >= 0.3 is 0 Å². The molecule has 3 rings (SSSR count). The minimum absolute atomic E-state index is 0.0495. The second-order valence-electron chi connectivity index (χ2n) is 5.98. The first-order chi connectivity index (χ1) is 12.1. The van der Waals surface area contributed by atoms with Crippen molar-refractivity contribution in [1.82, 2.24) is 0 Å². The molecule has 1 saturated carbocycles. The molecule has 0 bridgehead atoms. The molecule has 2 aromatic rings. The van der Waals surface area contributed by atoms with Gasteiger partial charge in [0.1, 0.15) is 11.6 Å². The Morgan fingerprint density at radius 3 is 2.60 bits per heavy atom. The van der Waals surface area contributed by atoms with Crippen molar-refractivity contribution in [2.24, 2.45) is 0 Å². The molecule has 1 aliphatic rings. The van der Waals surface area contributed by atoms with E-state index in [9.17, 15) is 14.3 Å². The number of aromatic hydroxyl groups is 1. The first-order valence-electron chi connectivity index (χ1n) is 8.22. The summed E-state index contributed by atoms with van der Waals surface area (Å²) in [5.74, 6) is -0.879. The van der Waals surface area contributed by atoms with Crippen LogP contribution in [0.2, 0.25) is 0 Å². The summed E-state index contributed by atoms with van der Waals surface area (Å²) in [5, 5.41) is 12.2. The SMILES string of the molecule is COc1cc(F)c(C(=O)Nc2ccccc2O)cc1OC1CCCC1. The van der Waals surface area contributed by atoms with Gasteiger partial charge in [-0.15, -0.1) is 0 Å². The molecule has 6 heteroatoms. The van der Waals surface area contributed by atoms with E-state index in [-0.39, 0.29) is 28.9 Å². The number of amides is 1. The monoisotopic (exact) mass is 345 g/mol. The maximum Gasteiger partial charge on any atom is 0.258 e. The van der Waals surface area contributed by atoms with Gasteiger partial charge in [0.05, 0.1) is 24.5 Å². The Labute approximate surface area is 145 Å². The molecule has 132 valence electrons. The fraction of sp³-hybridized carbons (Fsp3) is 0.316. The Balaban J connectivity index is 1.86. The molecule has 0 radical (unpaired) electrons. The van der Waals surface area contributed by atoms with Crippen LogP contribution in [-0.4, -0.2) is 24.2 Å². The fourth-order valence-electron chi connectivity index (χ4n) is 2.92. The van der Waals surface area contributed by atoms with Gasteiger partial charge in [-0.3, -0.25) is 4.79 Å². The molecule has 0 spiro atoms. The van der Waals surface area contributed by atoms with E-state index in [1.54, 1.807) is 12.1 Å². The van der Waals surface area contributed by atoms with Gasteiger partial charge in [0.15, 0.2) is 11.5 Å². The van der Waals surface area contributed by atoms with Crippen molar-refractivity contribution in [3.63, 3.8) is 0 Å². The number of hydrogen-bond acceptors (Lipinski definition) is 4. The normalized spacial score (nSPS) is 14.3. The largest absolute Gasteiger partial charge is 0.506 e. The third-order valence-electron chi connectivity index (χ3n) is 4.25. The van der Waals surface area contributed by atoms with Gasteiger partial charge in [-0.1, -0.05) is 12.1 Å². The topological polar surface area (TPSA) is 67.8 Å². The van der Waals surface area contributed by atoms with Crippen LogP contribution in [0.15, 0.2) is 36.4 Å². The number of phenolic OH excluding ortho intramolecular Hbond substituents is 1. The lowest BCUT2D eigenvalue weighted by Crippen LogP contribution is -2.16. The van der Waals surface area contributed by atoms with Crippen LogP contribution < -0.4 is 14.8 Å². The Morgan fingerprint density at radius 1 is 1.20 bits per heavy atom. The van der Waals surface area contributed by atoms with Crippen LogP contribution in [0.25, 0.3) is 0 Å². The van der Waals surface area contributed by atoms with Gasteiger partial charge in [-0.25, -0.2) is 4.39 Å². The zero-order valence-corrected chi connectivity index (χ0v) is 13.9. The number of benzene rings is 2. The zero-order chi connectivity index (χ0) is 17.8. The molecule has 0 unspecified atom stereocenters. The van der Waals surface area contributed by atoms with E-state index in [1.807, 2.05) is 0 Å². The maximum absolute atomic E-state index is 14.3. The number of rotatable bonds is 5. The number of halogens is 1. The average Bonchev–Trinajstić information content (AvgIpc) is 3.11. The van der Waals surface area contributed by atoms with Crippen molar-refractivity contribution in [2.45, 2.75) is 31.8 Å². The van der Waals surface area contributed by atoms with E-state index in [4.69, 9.17) is 9.47 Å². The highest BCUT2D eigenvalue weighted by molar-refractivity contribution is 6.05. The van der Waals surface area contributed by atoms with Crippen LogP contribution in [0, 0.1) is 5.82 Å². The van der Waals surface area contributed by atoms with E-state index in [0.717, 1.165) is 31.7 Å². The van der Waals surface area contributed by atoms with Crippen LogP contribution in [0.1, 0.15) is 36.0 Å². The Hall–Kier alpha value is -2.76. The quantitative estimate of drug-likeness (QED) is 0.800. The summed E-state index contributed by atoms with van der Waals surface area (Å²) in [7, 11) is 1.43. The van der Waals surface area contributed by atoms with E-state index >= 15 is 0 Å². The number of para-hydroxylation sites is 2. The second-order valence-corrected chi connectivity index (χ2v) is 5.98. The molecule has 1 fully saturated rings. The lowest BCUT2D eigenvalue weighted by atomic mass is 10.1. The standard InChI is InChI=1S/C19H20FNO4/c1-24-17-11-14(20)13(10-18(17)25-12-6-2-3-7-12)19(23)21-15-8-4-5-9-16(15)22/h4-5,8-12,22H,2-3,6-7H2,1H3,(H,21,23). The molecule has 0 atom stereocenters. The van der Waals surface area contributed by atoms with Gasteiger partial charge < -0.3 is 19.9 Å². The summed E-state index contributed by atoms with van der Waals surface area (Å²) >= 11 is 0. The van der Waals surface area contributed by atoms with Crippen LogP contribution in [0.4, 0.5) is 10.1 Å². The molecule has 0 saturated heterocycles. The van der Waals surface area contributed by atoms with Crippen LogP contribution >= 0.6 is 0 Å². The predicted molar refractivity (Wildman–Crippen MR) is 91.9 cm³/mol. The van der Waals surface area contributed by atoms with Crippen LogP contribution in [0.5, 0.6) is 17.2 Å². The van der Waals surface area contributed by atoms with E-state index < -0.39 is 11.7 Å². The summed E-state index contributed by atoms with van der Waals surface area (Å²) < 4.78 is 25.4. The van der Waals surface area contributed by atoms with Crippen molar-refractivity contribution in [1.29, 1.82) is 0 Å². The maximum atomic E-state index is 14.3. The number of hydrogen-bond donors (Lipinski definition) is 2. The van der Waals surface area contributed by atoms with Crippen LogP contribution in [-0.2, 0) is 0 Å². The molecule has 2 aromatic carbocycles. The van der Waals surface area contributed by atoms with Gasteiger partial charge in [-0.05, 0) is 43.9 Å². The molecule has 0 aromatic heterocycles. The summed E-state index contributed by atoms with van der Waals surface area (Å²) in [6, 6.07) is 8.76. The van der Waals surface area contributed by atoms with Crippen molar-refractivity contribution >= 4 is 11.6 Å².